The third kappa shape index (κ3) is 3.46. The van der Waals surface area contributed by atoms with Crippen molar-refractivity contribution in [3.05, 3.63) is 28.3 Å². The number of ether oxygens (including phenoxy) is 1. The quantitative estimate of drug-likeness (QED) is 0.600. The van der Waals surface area contributed by atoms with E-state index >= 15 is 0 Å². The van der Waals surface area contributed by atoms with Gasteiger partial charge in [0.25, 0.3) is 11.6 Å². The normalized spacial score (nSPS) is 20.1. The lowest BCUT2D eigenvalue weighted by Gasteiger charge is -2.30. The maximum Gasteiger partial charge on any atom is 0.271 e. The van der Waals surface area contributed by atoms with Gasteiger partial charge in [0.05, 0.1) is 10.6 Å². The summed E-state index contributed by atoms with van der Waals surface area (Å²) in [5.41, 5.74) is 0.0892. The van der Waals surface area contributed by atoms with Crippen molar-refractivity contribution in [1.29, 1.82) is 0 Å². The van der Waals surface area contributed by atoms with Crippen LogP contribution in [-0.4, -0.2) is 49.0 Å². The Morgan fingerprint density at radius 3 is 3.04 bits per heavy atom. The van der Waals surface area contributed by atoms with E-state index in [0.29, 0.717) is 12.3 Å². The molecule has 3 rings (SSSR count). The van der Waals surface area contributed by atoms with Gasteiger partial charge >= 0.3 is 0 Å². The number of hydrogen-bond donors (Lipinski definition) is 2. The molecule has 24 heavy (non-hydrogen) atoms. The topological polar surface area (TPSA) is 114 Å². The van der Waals surface area contributed by atoms with E-state index in [-0.39, 0.29) is 36.5 Å². The second-order valence-electron chi connectivity index (χ2n) is 5.79. The van der Waals surface area contributed by atoms with Crippen LogP contribution < -0.4 is 20.3 Å². The van der Waals surface area contributed by atoms with Crippen molar-refractivity contribution in [2.45, 2.75) is 18.9 Å². The van der Waals surface area contributed by atoms with E-state index in [1.54, 1.807) is 0 Å². The predicted molar refractivity (Wildman–Crippen MR) is 85.0 cm³/mol. The lowest BCUT2D eigenvalue weighted by atomic mass is 10.1. The van der Waals surface area contributed by atoms with Gasteiger partial charge < -0.3 is 15.4 Å². The number of piperidine rings is 1. The summed E-state index contributed by atoms with van der Waals surface area (Å²) in [4.78, 5) is 36.0. The minimum absolute atomic E-state index is 0.0342. The van der Waals surface area contributed by atoms with Gasteiger partial charge in [-0.2, -0.15) is 0 Å². The fraction of sp³-hybridized carbons (Fsp3) is 0.467. The fourth-order valence-electron chi connectivity index (χ4n) is 2.87. The Bertz CT molecular complexity index is 672. The van der Waals surface area contributed by atoms with Crippen molar-refractivity contribution in [2.24, 2.45) is 0 Å². The Kier molecular flexibility index (Phi) is 4.61. The molecule has 1 aromatic rings. The van der Waals surface area contributed by atoms with Gasteiger partial charge in [-0.1, -0.05) is 0 Å². The lowest BCUT2D eigenvalue weighted by Crippen LogP contribution is -2.50. The molecular formula is C15H18N4O5. The van der Waals surface area contributed by atoms with Crippen LogP contribution in [0.1, 0.15) is 12.8 Å². The maximum atomic E-state index is 12.2. The number of rotatable bonds is 4. The highest BCUT2D eigenvalue weighted by atomic mass is 16.6. The van der Waals surface area contributed by atoms with E-state index in [9.17, 15) is 19.7 Å². The summed E-state index contributed by atoms with van der Waals surface area (Å²) in [6.07, 6.45) is 1.87. The molecule has 2 aliphatic rings. The molecule has 1 atom stereocenters. The van der Waals surface area contributed by atoms with Crippen molar-refractivity contribution < 1.29 is 19.2 Å². The van der Waals surface area contributed by atoms with Crippen molar-refractivity contribution in [3.63, 3.8) is 0 Å². The van der Waals surface area contributed by atoms with Crippen LogP contribution in [0.5, 0.6) is 5.75 Å². The minimum Gasteiger partial charge on any atom is -0.482 e. The average molecular weight is 334 g/mol. The fourth-order valence-corrected chi connectivity index (χ4v) is 2.87. The number of non-ortho nitro benzene ring substituents is 1. The summed E-state index contributed by atoms with van der Waals surface area (Å²) in [7, 11) is 0. The van der Waals surface area contributed by atoms with Crippen LogP contribution in [0.3, 0.4) is 0 Å². The molecule has 0 bridgehead atoms. The van der Waals surface area contributed by atoms with Gasteiger partial charge in [0, 0.05) is 24.7 Å². The first-order valence-electron chi connectivity index (χ1n) is 7.76. The minimum atomic E-state index is -0.550. The van der Waals surface area contributed by atoms with E-state index in [0.717, 1.165) is 19.4 Å². The molecule has 9 nitrogen and oxygen atoms in total. The Balaban J connectivity index is 1.75. The van der Waals surface area contributed by atoms with E-state index in [2.05, 4.69) is 10.6 Å². The molecule has 2 aliphatic heterocycles. The van der Waals surface area contributed by atoms with Crippen molar-refractivity contribution in [3.8, 4) is 5.75 Å². The molecule has 0 aliphatic carbocycles. The number of benzene rings is 1. The molecule has 1 fully saturated rings. The van der Waals surface area contributed by atoms with Crippen LogP contribution in [0, 0.1) is 10.1 Å². The van der Waals surface area contributed by atoms with Gasteiger partial charge in [-0.15, -0.1) is 0 Å². The van der Waals surface area contributed by atoms with Crippen molar-refractivity contribution in [2.75, 3.05) is 31.1 Å². The standard InChI is InChI=1S/C15H18N4O5/c20-14(17-10-2-1-5-16-7-10)8-18-12-6-11(19(22)23)3-4-13(12)24-9-15(18)21/h3-4,6,10,16H,1-2,5,7-9H2,(H,17,20)/t10-/m0/s1. The highest BCUT2D eigenvalue weighted by Crippen LogP contribution is 2.35. The molecule has 128 valence electrons. The van der Waals surface area contributed by atoms with Crippen LogP contribution in [0.15, 0.2) is 18.2 Å². The van der Waals surface area contributed by atoms with Crippen LogP contribution in [0.25, 0.3) is 0 Å². The zero-order valence-corrected chi connectivity index (χ0v) is 13.0. The summed E-state index contributed by atoms with van der Waals surface area (Å²) in [5, 5.41) is 17.0. The number of hydrogen-bond acceptors (Lipinski definition) is 6. The Labute approximate surface area is 138 Å². The Morgan fingerprint density at radius 2 is 2.33 bits per heavy atom. The molecule has 1 aromatic carbocycles. The number of amides is 2. The van der Waals surface area contributed by atoms with Gasteiger partial charge in [-0.05, 0) is 25.5 Å². The first-order valence-corrected chi connectivity index (χ1v) is 7.76. The number of anilines is 1. The summed E-state index contributed by atoms with van der Waals surface area (Å²) >= 11 is 0. The first-order chi connectivity index (χ1) is 11.5. The Morgan fingerprint density at radius 1 is 1.50 bits per heavy atom. The van der Waals surface area contributed by atoms with E-state index in [1.807, 2.05) is 0 Å². The zero-order valence-electron chi connectivity index (χ0n) is 13.0. The maximum absolute atomic E-state index is 12.2. The smallest absolute Gasteiger partial charge is 0.271 e. The molecular weight excluding hydrogens is 316 g/mol. The average Bonchev–Trinajstić information content (AvgIpc) is 2.58. The summed E-state index contributed by atoms with van der Waals surface area (Å²) in [6.45, 7) is 1.26. The Hall–Kier alpha value is -2.68. The van der Waals surface area contributed by atoms with Crippen molar-refractivity contribution in [1.82, 2.24) is 10.6 Å². The number of nitrogens with zero attached hydrogens (tertiary/aromatic N) is 2. The summed E-state index contributed by atoms with van der Waals surface area (Å²) in [6, 6.07) is 4.03. The highest BCUT2D eigenvalue weighted by Gasteiger charge is 2.29. The van der Waals surface area contributed by atoms with E-state index < -0.39 is 10.8 Å². The first kappa shape index (κ1) is 16.2. The van der Waals surface area contributed by atoms with Crippen LogP contribution >= 0.6 is 0 Å². The van der Waals surface area contributed by atoms with Crippen LogP contribution in [-0.2, 0) is 9.59 Å². The molecule has 2 amide bonds. The van der Waals surface area contributed by atoms with Gasteiger partial charge in [-0.3, -0.25) is 24.6 Å². The zero-order chi connectivity index (χ0) is 17.1. The van der Waals surface area contributed by atoms with Crippen LogP contribution in [0.4, 0.5) is 11.4 Å². The molecule has 0 aromatic heterocycles. The number of nitro benzene ring substituents is 1. The number of nitro groups is 1. The number of carbonyl (C=O) groups is 2. The van der Waals surface area contributed by atoms with Gasteiger partial charge in [-0.25, -0.2) is 0 Å². The van der Waals surface area contributed by atoms with Gasteiger partial charge in [0.1, 0.15) is 12.3 Å². The molecule has 0 radical (unpaired) electrons. The third-order valence-corrected chi connectivity index (χ3v) is 4.06. The lowest BCUT2D eigenvalue weighted by molar-refractivity contribution is -0.384. The summed E-state index contributed by atoms with van der Waals surface area (Å²) in [5.74, 6) is -0.344. The highest BCUT2D eigenvalue weighted by molar-refractivity contribution is 6.02. The van der Waals surface area contributed by atoms with Crippen molar-refractivity contribution >= 4 is 23.2 Å². The summed E-state index contributed by atoms with van der Waals surface area (Å²) < 4.78 is 5.28. The molecule has 2 heterocycles. The van der Waals surface area contributed by atoms with Gasteiger partial charge in [0.2, 0.25) is 5.91 Å². The van der Waals surface area contributed by atoms with Gasteiger partial charge in [0.15, 0.2) is 6.61 Å². The molecule has 0 saturated carbocycles. The molecule has 9 heteroatoms. The largest absolute Gasteiger partial charge is 0.482 e. The number of fused-ring (bicyclic) bond motifs is 1. The third-order valence-electron chi connectivity index (χ3n) is 4.06. The second kappa shape index (κ2) is 6.83. The monoisotopic (exact) mass is 334 g/mol. The predicted octanol–water partition coefficient (Wildman–Crippen LogP) is 0.188. The number of carbonyl (C=O) groups excluding carboxylic acids is 2. The van der Waals surface area contributed by atoms with E-state index in [4.69, 9.17) is 4.74 Å². The van der Waals surface area contributed by atoms with E-state index in [1.165, 1.54) is 23.1 Å². The second-order valence-corrected chi connectivity index (χ2v) is 5.79. The number of nitrogens with one attached hydrogen (secondary N) is 2. The van der Waals surface area contributed by atoms with Crippen LogP contribution in [0.2, 0.25) is 0 Å². The molecule has 1 saturated heterocycles. The molecule has 0 spiro atoms. The molecule has 2 N–H and O–H groups in total. The molecule has 0 unspecified atom stereocenters. The SMILES string of the molecule is O=C(CN1C(=O)COc2ccc([N+](=O)[O-])cc21)N[C@H]1CCCNC1.